The van der Waals surface area contributed by atoms with Gasteiger partial charge in [0.15, 0.2) is 0 Å². The number of carbonyl (C=O) groups excluding carboxylic acids is 3. The molecule has 2 bridgehead atoms. The van der Waals surface area contributed by atoms with Crippen LogP contribution in [-0.4, -0.2) is 31.0 Å². The molecule has 0 saturated carbocycles. The molecule has 2 atom stereocenters. The molecule has 3 amide bonds. The Balaban J connectivity index is 1.40. The number of carbonyl (C=O) groups is 3. The summed E-state index contributed by atoms with van der Waals surface area (Å²) in [7, 11) is 1.51. The fourth-order valence-electron chi connectivity index (χ4n) is 7.03. The predicted octanol–water partition coefficient (Wildman–Crippen LogP) is 5.97. The van der Waals surface area contributed by atoms with E-state index in [1.165, 1.54) is 24.1 Å². The number of hydrogen-bond donors (Lipinski definition) is 1. The molecule has 3 aliphatic carbocycles. The smallest absolute Gasteiger partial charge is 0.272 e. The van der Waals surface area contributed by atoms with Gasteiger partial charge in [0.1, 0.15) is 5.75 Å². The summed E-state index contributed by atoms with van der Waals surface area (Å²) in [6.45, 7) is 0. The standard InChI is InChI=1S/C33H23Cl2N3O4/c1-42-26-13-7-6-12-25(26)38-31(40)28-27-19-8-2-4-10-22(19)33(29(28)32(38)41,23-11-5-3-9-20(23)27)17-36-37-30(39)21-15-14-18(34)16-24(21)35/h2-17,27-29H,1H3,(H,37,39)/b36-17-/t27?,28-,29-,33?/m1/s1. The molecule has 0 aromatic heterocycles. The molecule has 0 radical (unpaired) electrons. The van der Waals surface area contributed by atoms with Gasteiger partial charge in [-0.2, -0.15) is 5.10 Å². The molecule has 4 aromatic carbocycles. The summed E-state index contributed by atoms with van der Waals surface area (Å²) in [5, 5.41) is 5.02. The van der Waals surface area contributed by atoms with Gasteiger partial charge in [-0.05, 0) is 52.6 Å². The molecule has 8 rings (SSSR count). The van der Waals surface area contributed by atoms with E-state index in [1.807, 2.05) is 48.5 Å². The number of nitrogens with one attached hydrogen (secondary N) is 1. The van der Waals surface area contributed by atoms with Crippen LogP contribution < -0.4 is 15.1 Å². The predicted molar refractivity (Wildman–Crippen MR) is 160 cm³/mol. The number of hydrogen-bond acceptors (Lipinski definition) is 5. The van der Waals surface area contributed by atoms with Crippen molar-refractivity contribution in [3.8, 4) is 5.75 Å². The van der Waals surface area contributed by atoms with E-state index in [2.05, 4.69) is 10.5 Å². The van der Waals surface area contributed by atoms with Gasteiger partial charge in [0.05, 0.1) is 40.6 Å². The minimum Gasteiger partial charge on any atom is -0.495 e. The Labute approximate surface area is 251 Å². The lowest BCUT2D eigenvalue weighted by molar-refractivity contribution is -0.122. The molecule has 7 nitrogen and oxygen atoms in total. The van der Waals surface area contributed by atoms with Crippen LogP contribution in [0.4, 0.5) is 5.69 Å². The molecule has 0 spiro atoms. The van der Waals surface area contributed by atoms with E-state index in [9.17, 15) is 14.4 Å². The van der Waals surface area contributed by atoms with Gasteiger partial charge in [-0.3, -0.25) is 14.4 Å². The third-order valence-corrected chi connectivity index (χ3v) is 9.17. The third kappa shape index (κ3) is 3.60. The number of benzene rings is 4. The van der Waals surface area contributed by atoms with E-state index in [0.717, 1.165) is 22.3 Å². The molecule has 4 aromatic rings. The maximum atomic E-state index is 14.5. The van der Waals surface area contributed by atoms with E-state index < -0.39 is 23.2 Å². The fourth-order valence-corrected chi connectivity index (χ4v) is 7.52. The second-order valence-corrected chi connectivity index (χ2v) is 11.4. The molecule has 1 N–H and O–H groups in total. The van der Waals surface area contributed by atoms with Crippen LogP contribution in [0.2, 0.25) is 10.0 Å². The van der Waals surface area contributed by atoms with Crippen LogP contribution in [0.3, 0.4) is 0 Å². The van der Waals surface area contributed by atoms with E-state index >= 15 is 0 Å². The minimum absolute atomic E-state index is 0.186. The number of anilines is 1. The zero-order valence-corrected chi connectivity index (χ0v) is 23.8. The summed E-state index contributed by atoms with van der Waals surface area (Å²) in [4.78, 5) is 43.1. The Morgan fingerprint density at radius 2 is 1.55 bits per heavy atom. The average molecular weight is 596 g/mol. The maximum Gasteiger partial charge on any atom is 0.272 e. The number of imide groups is 1. The molecule has 42 heavy (non-hydrogen) atoms. The van der Waals surface area contributed by atoms with Gasteiger partial charge in [-0.1, -0.05) is 83.9 Å². The highest BCUT2D eigenvalue weighted by atomic mass is 35.5. The highest BCUT2D eigenvalue weighted by Gasteiger charge is 2.68. The molecule has 9 heteroatoms. The molecular formula is C33H23Cl2N3O4. The SMILES string of the molecule is COc1ccccc1N1C(=O)[C@@H]2C3c4ccccc4C(/C=N\NC(=O)c4ccc(Cl)cc4Cl)(c4ccccc43)[C@H]2C1=O. The van der Waals surface area contributed by atoms with Gasteiger partial charge < -0.3 is 4.74 Å². The molecule has 4 aliphatic rings. The maximum absolute atomic E-state index is 14.5. The van der Waals surface area contributed by atoms with Crippen LogP contribution in [0.15, 0.2) is 96.1 Å². The number of methoxy groups -OCH3 is 1. The molecular weight excluding hydrogens is 573 g/mol. The van der Waals surface area contributed by atoms with Crippen LogP contribution in [0, 0.1) is 11.8 Å². The van der Waals surface area contributed by atoms with Crippen molar-refractivity contribution < 1.29 is 19.1 Å². The summed E-state index contributed by atoms with van der Waals surface area (Å²) in [5.74, 6) is -2.55. The highest BCUT2D eigenvalue weighted by Crippen LogP contribution is 2.63. The summed E-state index contributed by atoms with van der Waals surface area (Å²) in [6, 6.07) is 27.2. The number of amides is 3. The lowest BCUT2D eigenvalue weighted by Crippen LogP contribution is -2.54. The first-order chi connectivity index (χ1) is 20.4. The molecule has 0 unspecified atom stereocenters. The number of hydrazone groups is 1. The van der Waals surface area contributed by atoms with Gasteiger partial charge in [0.25, 0.3) is 5.91 Å². The Bertz CT molecular complexity index is 1790. The summed E-state index contributed by atoms with van der Waals surface area (Å²) in [5.41, 5.74) is 5.72. The number of ether oxygens (including phenoxy) is 1. The lowest BCUT2D eigenvalue weighted by atomic mass is 9.47. The van der Waals surface area contributed by atoms with E-state index in [0.29, 0.717) is 16.5 Å². The Morgan fingerprint density at radius 1 is 0.905 bits per heavy atom. The van der Waals surface area contributed by atoms with Gasteiger partial charge in [0.2, 0.25) is 11.8 Å². The second-order valence-electron chi connectivity index (χ2n) is 10.5. The van der Waals surface area contributed by atoms with Crippen LogP contribution in [0.25, 0.3) is 0 Å². The van der Waals surface area contributed by atoms with Crippen molar-refractivity contribution in [3.05, 3.63) is 129 Å². The van der Waals surface area contributed by atoms with Crippen molar-refractivity contribution >= 4 is 52.8 Å². The van der Waals surface area contributed by atoms with Gasteiger partial charge in [-0.25, -0.2) is 10.3 Å². The minimum atomic E-state index is -1.13. The number of rotatable bonds is 5. The van der Waals surface area contributed by atoms with E-state index in [-0.39, 0.29) is 28.3 Å². The van der Waals surface area contributed by atoms with Crippen LogP contribution in [-0.2, 0) is 15.0 Å². The van der Waals surface area contributed by atoms with Crippen LogP contribution in [0.5, 0.6) is 5.75 Å². The number of nitrogens with zero attached hydrogens (tertiary/aromatic N) is 2. The summed E-state index contributed by atoms with van der Waals surface area (Å²) < 4.78 is 5.54. The second kappa shape index (κ2) is 9.82. The number of para-hydroxylation sites is 2. The van der Waals surface area contributed by atoms with E-state index in [1.54, 1.807) is 36.5 Å². The first-order valence-electron chi connectivity index (χ1n) is 13.4. The highest BCUT2D eigenvalue weighted by molar-refractivity contribution is 6.36. The first kappa shape index (κ1) is 26.4. The van der Waals surface area contributed by atoms with Gasteiger partial charge in [-0.15, -0.1) is 0 Å². The summed E-state index contributed by atoms with van der Waals surface area (Å²) >= 11 is 12.3. The van der Waals surface area contributed by atoms with Crippen LogP contribution in [0.1, 0.15) is 38.5 Å². The van der Waals surface area contributed by atoms with Crippen LogP contribution >= 0.6 is 23.2 Å². The number of halogens is 2. The monoisotopic (exact) mass is 595 g/mol. The molecule has 1 aliphatic heterocycles. The fraction of sp³-hybridized carbons (Fsp3) is 0.152. The quantitative estimate of drug-likeness (QED) is 0.175. The van der Waals surface area contributed by atoms with Crippen molar-refractivity contribution in [1.29, 1.82) is 0 Å². The summed E-state index contributed by atoms with van der Waals surface area (Å²) in [6.07, 6.45) is 1.61. The normalized spacial score (nSPS) is 23.5. The van der Waals surface area contributed by atoms with Crippen molar-refractivity contribution in [2.75, 3.05) is 12.0 Å². The third-order valence-electron chi connectivity index (χ3n) is 8.62. The van der Waals surface area contributed by atoms with Crippen molar-refractivity contribution in [3.63, 3.8) is 0 Å². The Morgan fingerprint density at radius 3 is 2.21 bits per heavy atom. The molecule has 1 fully saturated rings. The molecule has 208 valence electrons. The first-order valence-corrected chi connectivity index (χ1v) is 14.1. The molecule has 1 heterocycles. The van der Waals surface area contributed by atoms with Crippen molar-refractivity contribution in [2.24, 2.45) is 16.9 Å². The Hall–Kier alpha value is -4.46. The van der Waals surface area contributed by atoms with Crippen molar-refractivity contribution in [2.45, 2.75) is 11.3 Å². The van der Waals surface area contributed by atoms with E-state index in [4.69, 9.17) is 27.9 Å². The zero-order valence-electron chi connectivity index (χ0n) is 22.3. The van der Waals surface area contributed by atoms with Gasteiger partial charge >= 0.3 is 0 Å². The largest absolute Gasteiger partial charge is 0.495 e. The Kier molecular flexibility index (Phi) is 6.18. The lowest BCUT2D eigenvalue weighted by Gasteiger charge is -2.52. The zero-order chi connectivity index (χ0) is 29.2. The topological polar surface area (TPSA) is 88.1 Å². The molecule has 1 saturated heterocycles. The van der Waals surface area contributed by atoms with Gasteiger partial charge in [0, 0.05) is 17.2 Å². The average Bonchev–Trinajstić information content (AvgIpc) is 3.27. The van der Waals surface area contributed by atoms with Crippen molar-refractivity contribution in [1.82, 2.24) is 5.43 Å².